The first-order valence-electron chi connectivity index (χ1n) is 10.9. The molecule has 29 heavy (non-hydrogen) atoms. The molecule has 0 spiro atoms. The van der Waals surface area contributed by atoms with Gasteiger partial charge in [-0.1, -0.05) is 0 Å². The fourth-order valence-electron chi connectivity index (χ4n) is 4.24. The predicted molar refractivity (Wildman–Crippen MR) is 113 cm³/mol. The van der Waals surface area contributed by atoms with E-state index in [1.807, 2.05) is 17.3 Å². The lowest BCUT2D eigenvalue weighted by molar-refractivity contribution is -0.141. The Morgan fingerprint density at radius 1 is 1.07 bits per heavy atom. The van der Waals surface area contributed by atoms with Crippen LogP contribution in [0.2, 0.25) is 0 Å². The van der Waals surface area contributed by atoms with Crippen molar-refractivity contribution in [3.63, 3.8) is 0 Å². The number of anilines is 1. The van der Waals surface area contributed by atoms with Gasteiger partial charge < -0.3 is 14.5 Å². The standard InChI is InChI=1S/C22H34N4O3/c1-19(27)29-18-8-20-6-12-26(13-7-20)22(28)3-2-11-24-14-16-25(17-15-24)21-4-9-23-10-5-21/h4-5,9-10,20H,2-3,6-8,11-18H2,1H3. The molecule has 0 aromatic carbocycles. The Labute approximate surface area is 174 Å². The lowest BCUT2D eigenvalue weighted by atomic mass is 9.93. The van der Waals surface area contributed by atoms with Crippen molar-refractivity contribution in [1.29, 1.82) is 0 Å². The minimum Gasteiger partial charge on any atom is -0.466 e. The van der Waals surface area contributed by atoms with Crippen LogP contribution in [-0.2, 0) is 14.3 Å². The lowest BCUT2D eigenvalue weighted by Gasteiger charge is -2.36. The van der Waals surface area contributed by atoms with Crippen molar-refractivity contribution in [2.45, 2.75) is 39.0 Å². The summed E-state index contributed by atoms with van der Waals surface area (Å²) in [4.78, 5) is 34.3. The van der Waals surface area contributed by atoms with Gasteiger partial charge >= 0.3 is 5.97 Å². The van der Waals surface area contributed by atoms with E-state index in [1.165, 1.54) is 12.6 Å². The van der Waals surface area contributed by atoms with E-state index in [2.05, 4.69) is 26.9 Å². The maximum absolute atomic E-state index is 12.5. The van der Waals surface area contributed by atoms with Gasteiger partial charge in [0.2, 0.25) is 5.91 Å². The topological polar surface area (TPSA) is 66.0 Å². The molecule has 2 saturated heterocycles. The highest BCUT2D eigenvalue weighted by molar-refractivity contribution is 5.76. The quantitative estimate of drug-likeness (QED) is 0.621. The molecule has 3 rings (SSSR count). The van der Waals surface area contributed by atoms with E-state index in [1.54, 1.807) is 0 Å². The van der Waals surface area contributed by atoms with Gasteiger partial charge in [0.25, 0.3) is 0 Å². The Bertz CT molecular complexity index is 639. The molecule has 7 nitrogen and oxygen atoms in total. The Balaban J connectivity index is 1.27. The van der Waals surface area contributed by atoms with Gasteiger partial charge in [0.05, 0.1) is 6.61 Å². The third-order valence-corrected chi connectivity index (χ3v) is 6.06. The molecule has 3 heterocycles. The third-order valence-electron chi connectivity index (χ3n) is 6.06. The van der Waals surface area contributed by atoms with Crippen molar-refractivity contribution >= 4 is 17.6 Å². The number of hydrogen-bond donors (Lipinski definition) is 0. The summed E-state index contributed by atoms with van der Waals surface area (Å²) in [7, 11) is 0. The van der Waals surface area contributed by atoms with Gasteiger partial charge in [-0.05, 0) is 50.3 Å². The van der Waals surface area contributed by atoms with Crippen LogP contribution in [0.4, 0.5) is 5.69 Å². The predicted octanol–water partition coefficient (Wildman–Crippen LogP) is 2.18. The van der Waals surface area contributed by atoms with Crippen LogP contribution in [0.1, 0.15) is 39.0 Å². The number of piperazine rings is 1. The van der Waals surface area contributed by atoms with Gasteiger partial charge in [0.15, 0.2) is 0 Å². The maximum Gasteiger partial charge on any atom is 0.302 e. The molecule has 160 valence electrons. The van der Waals surface area contributed by atoms with E-state index >= 15 is 0 Å². The number of hydrogen-bond acceptors (Lipinski definition) is 6. The smallest absolute Gasteiger partial charge is 0.302 e. The van der Waals surface area contributed by atoms with Crippen molar-refractivity contribution < 1.29 is 14.3 Å². The van der Waals surface area contributed by atoms with E-state index in [0.29, 0.717) is 24.9 Å². The molecule has 2 aliphatic rings. The molecule has 2 aliphatic heterocycles. The summed E-state index contributed by atoms with van der Waals surface area (Å²) < 4.78 is 5.03. The Hall–Kier alpha value is -2.15. The second kappa shape index (κ2) is 11.1. The Kier molecular flexibility index (Phi) is 8.28. The minimum absolute atomic E-state index is 0.212. The van der Waals surface area contributed by atoms with Crippen LogP contribution >= 0.6 is 0 Å². The average Bonchev–Trinajstić information content (AvgIpc) is 2.75. The number of carbonyl (C=O) groups excluding carboxylic acids is 2. The monoisotopic (exact) mass is 402 g/mol. The first kappa shape index (κ1) is 21.6. The van der Waals surface area contributed by atoms with E-state index < -0.39 is 0 Å². The first-order chi connectivity index (χ1) is 14.1. The number of esters is 1. The Morgan fingerprint density at radius 3 is 2.41 bits per heavy atom. The number of aromatic nitrogens is 1. The fourth-order valence-corrected chi connectivity index (χ4v) is 4.24. The maximum atomic E-state index is 12.5. The number of amides is 1. The molecule has 2 fully saturated rings. The number of piperidine rings is 1. The van der Waals surface area contributed by atoms with Gasteiger partial charge in [0, 0.05) is 70.7 Å². The van der Waals surface area contributed by atoms with Gasteiger partial charge in [-0.2, -0.15) is 0 Å². The number of likely N-dealkylation sites (tertiary alicyclic amines) is 1. The van der Waals surface area contributed by atoms with Crippen LogP contribution in [0.3, 0.4) is 0 Å². The van der Waals surface area contributed by atoms with Crippen LogP contribution in [0.5, 0.6) is 0 Å². The second-order valence-corrected chi connectivity index (χ2v) is 8.09. The molecular formula is C22H34N4O3. The molecule has 1 amide bonds. The van der Waals surface area contributed by atoms with Gasteiger partial charge in [-0.15, -0.1) is 0 Å². The van der Waals surface area contributed by atoms with E-state index in [0.717, 1.165) is 71.5 Å². The molecule has 0 N–H and O–H groups in total. The van der Waals surface area contributed by atoms with E-state index in [9.17, 15) is 9.59 Å². The summed E-state index contributed by atoms with van der Waals surface area (Å²) >= 11 is 0. The SMILES string of the molecule is CC(=O)OCCC1CCN(C(=O)CCCN2CCN(c3ccncc3)CC2)CC1. The molecule has 1 aromatic heterocycles. The summed E-state index contributed by atoms with van der Waals surface area (Å²) in [6, 6.07) is 4.13. The first-order valence-corrected chi connectivity index (χ1v) is 10.9. The molecule has 0 unspecified atom stereocenters. The van der Waals surface area contributed by atoms with Crippen molar-refractivity contribution in [1.82, 2.24) is 14.8 Å². The summed E-state index contributed by atoms with van der Waals surface area (Å²) in [5.74, 6) is 0.644. The number of nitrogens with zero attached hydrogens (tertiary/aromatic N) is 4. The van der Waals surface area contributed by atoms with E-state index in [4.69, 9.17) is 4.74 Å². The highest BCUT2D eigenvalue weighted by Gasteiger charge is 2.23. The molecule has 7 heteroatoms. The molecule has 0 saturated carbocycles. The van der Waals surface area contributed by atoms with Crippen molar-refractivity contribution in [2.75, 3.05) is 57.3 Å². The zero-order chi connectivity index (χ0) is 20.5. The minimum atomic E-state index is -0.212. The van der Waals surface area contributed by atoms with Gasteiger partial charge in [-0.3, -0.25) is 19.5 Å². The summed E-state index contributed by atoms with van der Waals surface area (Å²) in [5.41, 5.74) is 1.24. The van der Waals surface area contributed by atoms with Crippen LogP contribution in [0.25, 0.3) is 0 Å². The van der Waals surface area contributed by atoms with Crippen molar-refractivity contribution in [2.24, 2.45) is 5.92 Å². The zero-order valence-corrected chi connectivity index (χ0v) is 17.6. The zero-order valence-electron chi connectivity index (χ0n) is 17.6. The summed E-state index contributed by atoms with van der Waals surface area (Å²) in [6.07, 6.45) is 8.20. The third kappa shape index (κ3) is 6.99. The number of carbonyl (C=O) groups is 2. The highest BCUT2D eigenvalue weighted by atomic mass is 16.5. The van der Waals surface area contributed by atoms with Crippen LogP contribution < -0.4 is 4.90 Å². The number of ether oxygens (including phenoxy) is 1. The highest BCUT2D eigenvalue weighted by Crippen LogP contribution is 2.21. The van der Waals surface area contributed by atoms with Crippen molar-refractivity contribution in [3.8, 4) is 0 Å². The molecule has 0 bridgehead atoms. The van der Waals surface area contributed by atoms with Gasteiger partial charge in [-0.25, -0.2) is 0 Å². The summed E-state index contributed by atoms with van der Waals surface area (Å²) in [6.45, 7) is 8.77. The van der Waals surface area contributed by atoms with Crippen LogP contribution in [0, 0.1) is 5.92 Å². The fraction of sp³-hybridized carbons (Fsp3) is 0.682. The van der Waals surface area contributed by atoms with Crippen molar-refractivity contribution in [3.05, 3.63) is 24.5 Å². The van der Waals surface area contributed by atoms with E-state index in [-0.39, 0.29) is 5.97 Å². The molecule has 0 aliphatic carbocycles. The molecule has 1 aromatic rings. The summed E-state index contributed by atoms with van der Waals surface area (Å²) in [5, 5.41) is 0. The normalized spacial score (nSPS) is 18.7. The number of pyridine rings is 1. The van der Waals surface area contributed by atoms with Crippen LogP contribution in [0.15, 0.2) is 24.5 Å². The molecule has 0 atom stereocenters. The number of rotatable bonds is 8. The Morgan fingerprint density at radius 2 is 1.76 bits per heavy atom. The van der Waals surface area contributed by atoms with Crippen LogP contribution in [-0.4, -0.2) is 79.1 Å². The average molecular weight is 403 g/mol. The molecule has 0 radical (unpaired) electrons. The second-order valence-electron chi connectivity index (χ2n) is 8.09. The molecular weight excluding hydrogens is 368 g/mol. The lowest BCUT2D eigenvalue weighted by Crippen LogP contribution is -2.46. The van der Waals surface area contributed by atoms with Gasteiger partial charge in [0.1, 0.15) is 0 Å². The largest absolute Gasteiger partial charge is 0.466 e.